The highest BCUT2D eigenvalue weighted by Crippen LogP contribution is 2.13. The summed E-state index contributed by atoms with van der Waals surface area (Å²) < 4.78 is 15.1. The summed E-state index contributed by atoms with van der Waals surface area (Å²) in [4.78, 5) is 34.3. The van der Waals surface area contributed by atoms with E-state index in [0.29, 0.717) is 19.8 Å². The third-order valence-electron chi connectivity index (χ3n) is 4.13. The Labute approximate surface area is 181 Å². The lowest BCUT2D eigenvalue weighted by atomic mass is 10.1. The van der Waals surface area contributed by atoms with Crippen LogP contribution in [0.5, 0.6) is 0 Å². The van der Waals surface area contributed by atoms with Crippen molar-refractivity contribution in [1.29, 1.82) is 0 Å². The van der Waals surface area contributed by atoms with Crippen molar-refractivity contribution < 1.29 is 28.6 Å². The number of ether oxygens (including phenoxy) is 3. The Morgan fingerprint density at radius 2 is 1.03 bits per heavy atom. The van der Waals surface area contributed by atoms with Gasteiger partial charge in [-0.2, -0.15) is 0 Å². The van der Waals surface area contributed by atoms with E-state index < -0.39 is 11.9 Å². The average Bonchev–Trinajstić information content (AvgIpc) is 2.74. The van der Waals surface area contributed by atoms with Gasteiger partial charge >= 0.3 is 17.9 Å². The van der Waals surface area contributed by atoms with E-state index in [2.05, 4.69) is 25.5 Å². The number of esters is 3. The molecule has 0 aliphatic rings. The van der Waals surface area contributed by atoms with E-state index in [1.807, 2.05) is 0 Å². The van der Waals surface area contributed by atoms with E-state index in [4.69, 9.17) is 9.47 Å². The number of hydrogen-bond donors (Lipinski definition) is 0. The molecular weight excluding hydrogens is 384 g/mol. The molecule has 0 saturated heterocycles. The molecule has 6 nitrogen and oxygen atoms in total. The first-order valence-electron chi connectivity index (χ1n) is 11.0. The van der Waals surface area contributed by atoms with E-state index in [1.165, 1.54) is 6.92 Å². The van der Waals surface area contributed by atoms with Crippen LogP contribution in [0.2, 0.25) is 0 Å². The summed E-state index contributed by atoms with van der Waals surface area (Å²) >= 11 is 0. The van der Waals surface area contributed by atoms with Crippen LogP contribution in [0, 0.1) is 0 Å². The molecule has 1 rings (SSSR count). The predicted octanol–water partition coefficient (Wildman–Crippen LogP) is 5.73. The molecule has 0 heterocycles. The fraction of sp³-hybridized carbons (Fsp3) is 0.625. The Hall–Kier alpha value is -2.37. The Balaban J connectivity index is 0.000000890. The lowest BCUT2D eigenvalue weighted by molar-refractivity contribution is -0.141. The molecule has 0 aliphatic heterocycles. The van der Waals surface area contributed by atoms with Crippen molar-refractivity contribution >= 4 is 17.9 Å². The van der Waals surface area contributed by atoms with Gasteiger partial charge in [-0.05, 0) is 31.4 Å². The van der Waals surface area contributed by atoms with E-state index in [9.17, 15) is 14.4 Å². The van der Waals surface area contributed by atoms with Gasteiger partial charge in [0.15, 0.2) is 0 Å². The second kappa shape index (κ2) is 18.6. The van der Waals surface area contributed by atoms with Gasteiger partial charge in [0, 0.05) is 6.92 Å². The second-order valence-corrected chi connectivity index (χ2v) is 6.93. The van der Waals surface area contributed by atoms with Crippen LogP contribution in [-0.2, 0) is 19.0 Å². The first-order chi connectivity index (χ1) is 14.5. The summed E-state index contributed by atoms with van der Waals surface area (Å²) in [7, 11) is 0. The molecule has 6 heteroatoms. The highest BCUT2D eigenvalue weighted by Gasteiger charge is 2.18. The lowest BCUT2D eigenvalue weighted by Crippen LogP contribution is -2.15. The van der Waals surface area contributed by atoms with Gasteiger partial charge in [-0.1, -0.05) is 65.0 Å². The lowest BCUT2D eigenvalue weighted by Gasteiger charge is -2.09. The maximum Gasteiger partial charge on any atom is 0.339 e. The zero-order valence-electron chi connectivity index (χ0n) is 19.0. The van der Waals surface area contributed by atoms with Crippen LogP contribution in [0.1, 0.15) is 99.8 Å². The van der Waals surface area contributed by atoms with Crippen LogP contribution in [0.3, 0.4) is 0 Å². The number of carbonyl (C=O) groups excluding carboxylic acids is 3. The molecule has 0 atom stereocenters. The molecule has 0 radical (unpaired) electrons. The molecule has 170 valence electrons. The van der Waals surface area contributed by atoms with Crippen LogP contribution in [0.4, 0.5) is 0 Å². The van der Waals surface area contributed by atoms with E-state index >= 15 is 0 Å². The summed E-state index contributed by atoms with van der Waals surface area (Å²) in [6.07, 6.45) is 7.91. The summed E-state index contributed by atoms with van der Waals surface area (Å²) in [6.45, 7) is 9.00. The molecule has 0 amide bonds. The molecule has 0 aliphatic carbocycles. The van der Waals surface area contributed by atoms with E-state index in [-0.39, 0.29) is 17.1 Å². The van der Waals surface area contributed by atoms with Gasteiger partial charge in [0.05, 0.1) is 30.9 Å². The molecular formula is C24H38O6. The highest BCUT2D eigenvalue weighted by molar-refractivity contribution is 6.03. The number of benzene rings is 1. The van der Waals surface area contributed by atoms with Gasteiger partial charge in [-0.25, -0.2) is 9.59 Å². The molecule has 0 saturated carbocycles. The van der Waals surface area contributed by atoms with Crippen LogP contribution in [0.15, 0.2) is 24.3 Å². The summed E-state index contributed by atoms with van der Waals surface area (Å²) in [6, 6.07) is 6.64. The Kier molecular flexibility index (Phi) is 17.2. The molecule has 30 heavy (non-hydrogen) atoms. The van der Waals surface area contributed by atoms with Gasteiger partial charge < -0.3 is 14.2 Å². The minimum atomic E-state index is -0.461. The van der Waals surface area contributed by atoms with Gasteiger partial charge in [0.2, 0.25) is 0 Å². The van der Waals surface area contributed by atoms with E-state index in [1.54, 1.807) is 24.3 Å². The molecule has 0 aromatic heterocycles. The normalized spacial score (nSPS) is 9.87. The van der Waals surface area contributed by atoms with Crippen molar-refractivity contribution in [2.45, 2.75) is 79.1 Å². The summed E-state index contributed by atoms with van der Waals surface area (Å²) in [5.41, 5.74) is 0.555. The summed E-state index contributed by atoms with van der Waals surface area (Å²) in [5, 5.41) is 0. The van der Waals surface area contributed by atoms with Gasteiger partial charge in [0.25, 0.3) is 0 Å². The fourth-order valence-electron chi connectivity index (χ4n) is 2.39. The van der Waals surface area contributed by atoms with Crippen molar-refractivity contribution in [2.75, 3.05) is 19.8 Å². The minimum Gasteiger partial charge on any atom is -0.466 e. The van der Waals surface area contributed by atoms with Crippen LogP contribution >= 0.6 is 0 Å². The number of unbranched alkanes of at least 4 members (excludes halogenated alkanes) is 5. The van der Waals surface area contributed by atoms with Crippen LogP contribution in [-0.4, -0.2) is 37.7 Å². The topological polar surface area (TPSA) is 78.9 Å². The van der Waals surface area contributed by atoms with Crippen molar-refractivity contribution in [3.63, 3.8) is 0 Å². The molecule has 1 aromatic rings. The quantitative estimate of drug-likeness (QED) is 0.229. The monoisotopic (exact) mass is 422 g/mol. The largest absolute Gasteiger partial charge is 0.466 e. The molecule has 0 fully saturated rings. The second-order valence-electron chi connectivity index (χ2n) is 6.93. The molecule has 1 aromatic carbocycles. The Morgan fingerprint density at radius 3 is 1.40 bits per heavy atom. The van der Waals surface area contributed by atoms with Gasteiger partial charge in [0.1, 0.15) is 0 Å². The van der Waals surface area contributed by atoms with Crippen molar-refractivity contribution in [3.8, 4) is 0 Å². The highest BCUT2D eigenvalue weighted by atomic mass is 16.5. The minimum absolute atomic E-state index is 0.182. The van der Waals surface area contributed by atoms with Crippen LogP contribution < -0.4 is 0 Å². The Morgan fingerprint density at radius 1 is 0.633 bits per heavy atom. The molecule has 0 unspecified atom stereocenters. The van der Waals surface area contributed by atoms with Gasteiger partial charge in [-0.15, -0.1) is 0 Å². The smallest absolute Gasteiger partial charge is 0.339 e. The third-order valence-corrected chi connectivity index (χ3v) is 4.13. The van der Waals surface area contributed by atoms with Crippen molar-refractivity contribution in [2.24, 2.45) is 0 Å². The van der Waals surface area contributed by atoms with Crippen molar-refractivity contribution in [1.82, 2.24) is 0 Å². The zero-order valence-corrected chi connectivity index (χ0v) is 19.0. The molecule has 0 N–H and O–H groups in total. The van der Waals surface area contributed by atoms with E-state index in [0.717, 1.165) is 51.4 Å². The maximum atomic E-state index is 12.1. The van der Waals surface area contributed by atoms with Crippen LogP contribution in [0.25, 0.3) is 0 Å². The molecule has 0 bridgehead atoms. The first kappa shape index (κ1) is 27.6. The molecule has 0 spiro atoms. The fourth-order valence-corrected chi connectivity index (χ4v) is 2.39. The standard InChI is InChI=1S/C18H26O4.C6H12O2/c1-3-5-9-13-21-17(19)15-11-7-8-12-16(15)18(20)22-14-10-6-4-2;1-3-4-5-8-6(2)7/h7-8,11-12H,3-6,9-10,13-14H2,1-2H3;3-5H2,1-2H3. The average molecular weight is 423 g/mol. The summed E-state index contributed by atoms with van der Waals surface area (Å²) in [5.74, 6) is -1.10. The van der Waals surface area contributed by atoms with Gasteiger partial charge in [-0.3, -0.25) is 4.79 Å². The Bertz CT molecular complexity index is 568. The SMILES string of the molecule is CCCCCOC(=O)c1ccccc1C(=O)OCCCCC.CCCCOC(C)=O. The first-order valence-corrected chi connectivity index (χ1v) is 11.0. The maximum absolute atomic E-state index is 12.1. The third kappa shape index (κ3) is 13.7. The van der Waals surface area contributed by atoms with Crippen molar-refractivity contribution in [3.05, 3.63) is 35.4 Å². The predicted molar refractivity (Wildman–Crippen MR) is 118 cm³/mol. The number of carbonyl (C=O) groups is 3. The zero-order chi connectivity index (χ0) is 22.6. The number of rotatable bonds is 13. The number of hydrogen-bond acceptors (Lipinski definition) is 6.